The summed E-state index contributed by atoms with van der Waals surface area (Å²) in [4.78, 5) is 9.69. The van der Waals surface area contributed by atoms with Crippen LogP contribution < -0.4 is 0 Å². The van der Waals surface area contributed by atoms with Gasteiger partial charge in [-0.15, -0.1) is 0 Å². The average Bonchev–Trinajstić information content (AvgIpc) is 3.15. The summed E-state index contributed by atoms with van der Waals surface area (Å²) in [6, 6.07) is 42.6. The van der Waals surface area contributed by atoms with Crippen molar-refractivity contribution in [2.75, 3.05) is 13.1 Å². The van der Waals surface area contributed by atoms with E-state index in [9.17, 15) is 10.2 Å². The number of phenols is 2. The van der Waals surface area contributed by atoms with Gasteiger partial charge in [0.05, 0.1) is 13.1 Å². The van der Waals surface area contributed by atoms with Crippen molar-refractivity contribution < 1.29 is 10.2 Å². The Hall–Kier alpha value is -5.74. The number of aromatic hydroxyl groups is 2. The molecule has 0 radical (unpaired) electrons. The van der Waals surface area contributed by atoms with Gasteiger partial charge in [0, 0.05) is 23.6 Å². The van der Waals surface area contributed by atoms with Gasteiger partial charge in [-0.3, -0.25) is 9.98 Å². The molecule has 0 spiro atoms. The second-order valence-corrected chi connectivity index (χ2v) is 14.2. The molecule has 0 saturated heterocycles. The molecule has 0 aromatic heterocycles. The van der Waals surface area contributed by atoms with E-state index in [1.807, 2.05) is 48.8 Å². The molecule has 52 heavy (non-hydrogen) atoms. The predicted molar refractivity (Wildman–Crippen MR) is 215 cm³/mol. The van der Waals surface area contributed by atoms with Gasteiger partial charge in [0.2, 0.25) is 0 Å². The van der Waals surface area contributed by atoms with Crippen molar-refractivity contribution in [3.63, 3.8) is 0 Å². The summed E-state index contributed by atoms with van der Waals surface area (Å²) < 4.78 is 0. The zero-order valence-corrected chi connectivity index (χ0v) is 29.6. The van der Waals surface area contributed by atoms with Crippen LogP contribution in [0.5, 0.6) is 11.5 Å². The molecule has 8 bridgehead atoms. The molecule has 0 unspecified atom stereocenters. The normalized spacial score (nSPS) is 14.1. The Balaban J connectivity index is 0.933. The van der Waals surface area contributed by atoms with E-state index in [0.717, 1.165) is 73.6 Å². The lowest BCUT2D eigenvalue weighted by atomic mass is 9.89. The van der Waals surface area contributed by atoms with E-state index in [0.29, 0.717) is 24.6 Å². The summed E-state index contributed by atoms with van der Waals surface area (Å²) in [6.45, 7) is 1.28. The topological polar surface area (TPSA) is 65.2 Å². The number of hydrogen-bond donors (Lipinski definition) is 2. The highest BCUT2D eigenvalue weighted by Gasteiger charge is 2.15. The van der Waals surface area contributed by atoms with Crippen molar-refractivity contribution in [1.29, 1.82) is 0 Å². The van der Waals surface area contributed by atoms with E-state index >= 15 is 0 Å². The molecule has 14 rings (SSSR count). The van der Waals surface area contributed by atoms with Crippen LogP contribution >= 0.6 is 0 Å². The van der Waals surface area contributed by atoms with Crippen LogP contribution in [0.2, 0.25) is 0 Å². The van der Waals surface area contributed by atoms with Crippen LogP contribution in [0.4, 0.5) is 0 Å². The first-order valence-electron chi connectivity index (χ1n) is 18.6. The Morgan fingerprint density at radius 2 is 0.750 bits per heavy atom. The van der Waals surface area contributed by atoms with Gasteiger partial charge in [-0.25, -0.2) is 0 Å². The van der Waals surface area contributed by atoms with Crippen LogP contribution in [0.15, 0.2) is 131 Å². The number of aryl methyl sites for hydroxylation is 8. The lowest BCUT2D eigenvalue weighted by Crippen LogP contribution is -2.04. The first-order chi connectivity index (χ1) is 25.6. The summed E-state index contributed by atoms with van der Waals surface area (Å²) in [5.74, 6) is 0.667. The van der Waals surface area contributed by atoms with Crippen LogP contribution in [0.1, 0.15) is 55.6 Å². The predicted octanol–water partition coefficient (Wildman–Crippen LogP) is 9.74. The maximum atomic E-state index is 10.6. The van der Waals surface area contributed by atoms with Gasteiger partial charge in [0.15, 0.2) is 0 Å². The second kappa shape index (κ2) is 15.2. The molecule has 8 aliphatic rings. The Labute approximate surface area is 306 Å². The molecule has 0 atom stereocenters. The Morgan fingerprint density at radius 3 is 1.17 bits per heavy atom. The molecule has 0 heterocycles. The number of hydrogen-bond acceptors (Lipinski definition) is 4. The minimum Gasteiger partial charge on any atom is -0.507 e. The van der Waals surface area contributed by atoms with Crippen molar-refractivity contribution >= 4 is 12.4 Å². The minimum atomic E-state index is 0.333. The molecule has 2 N–H and O–H groups in total. The fraction of sp³-hybridized carbons (Fsp3) is 0.208. The quantitative estimate of drug-likeness (QED) is 0.130. The molecule has 0 aliphatic heterocycles. The van der Waals surface area contributed by atoms with Crippen LogP contribution in [0, 0.1) is 0 Å². The highest BCUT2D eigenvalue weighted by atomic mass is 16.3. The summed E-state index contributed by atoms with van der Waals surface area (Å²) in [5, 5.41) is 21.2. The smallest absolute Gasteiger partial charge is 0.123 e. The van der Waals surface area contributed by atoms with Gasteiger partial charge in [-0.2, -0.15) is 0 Å². The molecule has 0 amide bonds. The summed E-state index contributed by atoms with van der Waals surface area (Å²) in [6.07, 6.45) is 11.5. The van der Waals surface area contributed by atoms with Gasteiger partial charge in [0.1, 0.15) is 11.5 Å². The van der Waals surface area contributed by atoms with E-state index in [1.165, 1.54) is 55.6 Å². The third-order valence-corrected chi connectivity index (χ3v) is 10.7. The molecular weight excluding hydrogens is 637 g/mol. The summed E-state index contributed by atoms with van der Waals surface area (Å²) >= 11 is 0. The summed E-state index contributed by atoms with van der Waals surface area (Å²) in [7, 11) is 0. The Kier molecular flexibility index (Phi) is 9.79. The Morgan fingerprint density at radius 1 is 0.385 bits per heavy atom. The van der Waals surface area contributed by atoms with Gasteiger partial charge in [-0.05, 0) is 142 Å². The number of rotatable bonds is 7. The maximum Gasteiger partial charge on any atom is 0.123 e. The van der Waals surface area contributed by atoms with Crippen LogP contribution in [-0.2, 0) is 51.4 Å². The van der Waals surface area contributed by atoms with Gasteiger partial charge in [-0.1, -0.05) is 97.1 Å². The number of aliphatic imine (C=N–C) groups is 2. The fourth-order valence-corrected chi connectivity index (χ4v) is 7.75. The van der Waals surface area contributed by atoms with E-state index < -0.39 is 0 Å². The lowest BCUT2D eigenvalue weighted by Gasteiger charge is -2.16. The number of para-hydroxylation sites is 2. The number of benzene rings is 6. The molecule has 6 aromatic carbocycles. The molecule has 258 valence electrons. The SMILES string of the molecule is Oc1ccccc1-c1cc2ccc1CCc1ccc(c(C=NCCN=Cc3cc4ccc3CCc3ccc(c(-c5ccccc5O)c3)CC4)c1)CC2. The fourth-order valence-electron chi connectivity index (χ4n) is 7.75. The van der Waals surface area contributed by atoms with Crippen molar-refractivity contribution in [3.8, 4) is 33.8 Å². The molecule has 6 aromatic rings. The first-order valence-corrected chi connectivity index (χ1v) is 18.6. The van der Waals surface area contributed by atoms with E-state index in [1.54, 1.807) is 12.1 Å². The monoisotopic (exact) mass is 680 g/mol. The standard InChI is InChI=1S/C48H44N2O2/c51-47-7-3-1-5-43(47)45-29-35-11-19-37-17-9-33(13-21-39(45)23-15-35)27-41(37)31-49-25-26-50-32-42-28-34-10-18-38(42)20-12-36-16-24-40(22-14-34)46(30-36)44-6-2-4-8-48(44)52/h1-10,15-18,23-24,27-32,51-52H,11-14,19-22,25-26H2. The van der Waals surface area contributed by atoms with Crippen LogP contribution in [-0.4, -0.2) is 35.7 Å². The zero-order chi connectivity index (χ0) is 35.3. The Bertz CT molecular complexity index is 2140. The highest BCUT2D eigenvalue weighted by Crippen LogP contribution is 2.35. The maximum absolute atomic E-state index is 10.6. The van der Waals surface area contributed by atoms with Crippen LogP contribution in [0.25, 0.3) is 22.3 Å². The van der Waals surface area contributed by atoms with E-state index in [2.05, 4.69) is 72.8 Å². The summed E-state index contributed by atoms with van der Waals surface area (Å²) in [5.41, 5.74) is 16.8. The van der Waals surface area contributed by atoms with Gasteiger partial charge >= 0.3 is 0 Å². The lowest BCUT2D eigenvalue weighted by molar-refractivity contribution is 0.476. The van der Waals surface area contributed by atoms with E-state index in [-0.39, 0.29) is 0 Å². The largest absolute Gasteiger partial charge is 0.507 e. The van der Waals surface area contributed by atoms with Crippen molar-refractivity contribution in [2.45, 2.75) is 51.4 Å². The third kappa shape index (κ3) is 7.48. The highest BCUT2D eigenvalue weighted by molar-refractivity contribution is 5.83. The zero-order valence-electron chi connectivity index (χ0n) is 29.6. The van der Waals surface area contributed by atoms with Gasteiger partial charge in [0.25, 0.3) is 0 Å². The molecule has 0 fully saturated rings. The van der Waals surface area contributed by atoms with Crippen molar-refractivity contribution in [3.05, 3.63) is 177 Å². The molecular formula is C48H44N2O2. The number of nitrogens with zero attached hydrogens (tertiary/aromatic N) is 2. The van der Waals surface area contributed by atoms with Crippen molar-refractivity contribution in [1.82, 2.24) is 0 Å². The first kappa shape index (κ1) is 33.4. The van der Waals surface area contributed by atoms with Crippen molar-refractivity contribution in [2.24, 2.45) is 9.98 Å². The number of phenolic OH excluding ortho intramolecular Hbond substituents is 2. The van der Waals surface area contributed by atoms with Crippen LogP contribution in [0.3, 0.4) is 0 Å². The minimum absolute atomic E-state index is 0.333. The third-order valence-electron chi connectivity index (χ3n) is 10.7. The average molecular weight is 681 g/mol. The molecule has 0 saturated carbocycles. The van der Waals surface area contributed by atoms with Gasteiger partial charge < -0.3 is 10.2 Å². The molecule has 4 nitrogen and oxygen atoms in total. The molecule has 4 heteroatoms. The second-order valence-electron chi connectivity index (χ2n) is 14.2. The van der Waals surface area contributed by atoms with E-state index in [4.69, 9.17) is 9.98 Å². The molecule has 8 aliphatic carbocycles.